The van der Waals surface area contributed by atoms with Gasteiger partial charge in [-0.05, 0) is 49.7 Å². The first-order valence-electron chi connectivity index (χ1n) is 10.9. The van der Waals surface area contributed by atoms with Crippen molar-refractivity contribution < 1.29 is 9.47 Å². The van der Waals surface area contributed by atoms with Crippen LogP contribution in [0.5, 0.6) is 11.5 Å². The Labute approximate surface area is 203 Å². The fourth-order valence-corrected chi connectivity index (χ4v) is 3.77. The maximum Gasteiger partial charge on any atom is 0.144 e. The molecule has 0 fully saturated rings. The fraction of sp³-hybridized carbons (Fsp3) is 0.192. The molecular formula is C26H24ClN5O2. The van der Waals surface area contributed by atoms with Crippen LogP contribution in [-0.4, -0.2) is 16.6 Å². The molecule has 172 valence electrons. The van der Waals surface area contributed by atoms with Gasteiger partial charge in [0.2, 0.25) is 0 Å². The third kappa shape index (κ3) is 4.98. The van der Waals surface area contributed by atoms with Crippen LogP contribution in [0.4, 0.5) is 17.1 Å². The molecule has 0 aliphatic rings. The number of fused-ring (bicyclic) bond motifs is 1. The van der Waals surface area contributed by atoms with Gasteiger partial charge >= 0.3 is 0 Å². The number of hydrogen-bond acceptors (Lipinski definition) is 7. The minimum Gasteiger partial charge on any atom is -0.492 e. The van der Waals surface area contributed by atoms with Gasteiger partial charge in [-0.3, -0.25) is 9.97 Å². The second-order valence-electron chi connectivity index (χ2n) is 7.53. The number of halogens is 1. The minimum absolute atomic E-state index is 0.315. The zero-order valence-electron chi connectivity index (χ0n) is 18.9. The van der Waals surface area contributed by atoms with E-state index in [1.807, 2.05) is 31.2 Å². The van der Waals surface area contributed by atoms with Crippen LogP contribution in [0.15, 0.2) is 54.7 Å². The van der Waals surface area contributed by atoms with Crippen molar-refractivity contribution >= 4 is 39.6 Å². The number of anilines is 3. The van der Waals surface area contributed by atoms with Crippen LogP contribution >= 0.6 is 11.6 Å². The fourth-order valence-electron chi connectivity index (χ4n) is 3.53. The van der Waals surface area contributed by atoms with Crippen LogP contribution in [0, 0.1) is 11.3 Å². The molecule has 0 saturated carbocycles. The highest BCUT2D eigenvalue weighted by atomic mass is 35.5. The van der Waals surface area contributed by atoms with Gasteiger partial charge in [-0.25, -0.2) is 0 Å². The van der Waals surface area contributed by atoms with Gasteiger partial charge < -0.3 is 20.5 Å². The number of benzene rings is 2. The van der Waals surface area contributed by atoms with Crippen LogP contribution < -0.4 is 20.5 Å². The topological polar surface area (TPSA) is 106 Å². The van der Waals surface area contributed by atoms with Crippen molar-refractivity contribution in [3.8, 4) is 17.6 Å². The Kier molecular flexibility index (Phi) is 7.00. The molecule has 8 heteroatoms. The molecular weight excluding hydrogens is 450 g/mol. The van der Waals surface area contributed by atoms with E-state index < -0.39 is 0 Å². The van der Waals surface area contributed by atoms with Gasteiger partial charge in [0, 0.05) is 29.0 Å². The molecule has 0 spiro atoms. The Morgan fingerprint density at radius 2 is 1.88 bits per heavy atom. The predicted octanol–water partition coefficient (Wildman–Crippen LogP) is 6.02. The number of hydrogen-bond donors (Lipinski definition) is 2. The minimum atomic E-state index is 0.315. The van der Waals surface area contributed by atoms with E-state index in [0.29, 0.717) is 63.3 Å². The zero-order valence-corrected chi connectivity index (χ0v) is 19.7. The summed E-state index contributed by atoms with van der Waals surface area (Å²) in [6, 6.07) is 16.9. The van der Waals surface area contributed by atoms with Crippen LogP contribution in [0.3, 0.4) is 0 Å². The summed E-state index contributed by atoms with van der Waals surface area (Å²) in [5.41, 5.74) is 10.8. The summed E-state index contributed by atoms with van der Waals surface area (Å²) in [7, 11) is 0. The quantitative estimate of drug-likeness (QED) is 0.301. The second-order valence-corrected chi connectivity index (χ2v) is 7.94. The lowest BCUT2D eigenvalue weighted by molar-refractivity contribution is 0.301. The summed E-state index contributed by atoms with van der Waals surface area (Å²) in [6.45, 7) is 4.75. The number of rotatable bonds is 8. The van der Waals surface area contributed by atoms with Crippen LogP contribution in [0.1, 0.15) is 30.8 Å². The lowest BCUT2D eigenvalue weighted by atomic mass is 10.1. The van der Waals surface area contributed by atoms with E-state index in [2.05, 4.69) is 28.3 Å². The zero-order chi connectivity index (χ0) is 24.1. The number of nitriles is 1. The maximum absolute atomic E-state index is 9.64. The molecule has 2 aromatic carbocycles. The molecule has 0 aliphatic heterocycles. The SMILES string of the molecule is CCOc1cc2ncc(C#N)c(Nc3ccc(OCc4cccc(CC)n4)c(Cl)c3)c2cc1N. The van der Waals surface area contributed by atoms with E-state index in [4.69, 9.17) is 26.8 Å². The van der Waals surface area contributed by atoms with Gasteiger partial charge in [0.15, 0.2) is 0 Å². The Hall–Kier alpha value is -4.02. The molecule has 4 rings (SSSR count). The third-order valence-corrected chi connectivity index (χ3v) is 5.52. The van der Waals surface area contributed by atoms with Crippen molar-refractivity contribution in [2.75, 3.05) is 17.7 Å². The Balaban J connectivity index is 1.59. The Morgan fingerprint density at radius 3 is 2.62 bits per heavy atom. The van der Waals surface area contributed by atoms with Gasteiger partial charge in [-0.1, -0.05) is 24.6 Å². The smallest absolute Gasteiger partial charge is 0.144 e. The molecule has 0 radical (unpaired) electrons. The number of nitrogens with one attached hydrogen (secondary N) is 1. The predicted molar refractivity (Wildman–Crippen MR) is 135 cm³/mol. The standard InChI is InChI=1S/C26H24ClN5O2/c1-3-17-6-5-7-19(31-17)15-34-24-9-8-18(10-21(24)27)32-26-16(13-28)14-30-23-12-25(33-4-2)22(29)11-20(23)26/h5-12,14H,3-4,15,29H2,1-2H3,(H,30,32). The van der Waals surface area contributed by atoms with Crippen molar-refractivity contribution in [3.05, 3.63) is 76.7 Å². The normalized spacial score (nSPS) is 10.6. The maximum atomic E-state index is 9.64. The Morgan fingerprint density at radius 1 is 1.06 bits per heavy atom. The van der Waals surface area contributed by atoms with Crippen LogP contribution in [-0.2, 0) is 13.0 Å². The molecule has 0 unspecified atom stereocenters. The number of aromatic nitrogens is 2. The monoisotopic (exact) mass is 473 g/mol. The first kappa shape index (κ1) is 23.1. The summed E-state index contributed by atoms with van der Waals surface area (Å²) in [6.07, 6.45) is 2.38. The van der Waals surface area contributed by atoms with Gasteiger partial charge in [0.25, 0.3) is 0 Å². The largest absolute Gasteiger partial charge is 0.492 e. The first-order chi connectivity index (χ1) is 16.5. The van der Waals surface area contributed by atoms with Gasteiger partial charge in [0.1, 0.15) is 24.2 Å². The number of nitrogens with zero attached hydrogens (tertiary/aromatic N) is 3. The number of aryl methyl sites for hydroxylation is 1. The van der Waals surface area contributed by atoms with E-state index >= 15 is 0 Å². The molecule has 0 amide bonds. The highest BCUT2D eigenvalue weighted by molar-refractivity contribution is 6.32. The van der Waals surface area contributed by atoms with Crippen molar-refractivity contribution in [2.45, 2.75) is 26.9 Å². The van der Waals surface area contributed by atoms with Gasteiger partial charge in [-0.2, -0.15) is 5.26 Å². The highest BCUT2D eigenvalue weighted by Gasteiger charge is 2.14. The lowest BCUT2D eigenvalue weighted by Crippen LogP contribution is -2.02. The molecule has 3 N–H and O–H groups in total. The van der Waals surface area contributed by atoms with Crippen LogP contribution in [0.2, 0.25) is 5.02 Å². The first-order valence-corrected chi connectivity index (χ1v) is 11.3. The van der Waals surface area contributed by atoms with Crippen molar-refractivity contribution in [2.24, 2.45) is 0 Å². The van der Waals surface area contributed by atoms with Crippen molar-refractivity contribution in [1.29, 1.82) is 5.26 Å². The van der Waals surface area contributed by atoms with Crippen LogP contribution in [0.25, 0.3) is 10.9 Å². The summed E-state index contributed by atoms with van der Waals surface area (Å²) in [5, 5.41) is 14.1. The summed E-state index contributed by atoms with van der Waals surface area (Å²) in [4.78, 5) is 8.93. The van der Waals surface area contributed by atoms with E-state index in [0.717, 1.165) is 17.8 Å². The third-order valence-electron chi connectivity index (χ3n) is 5.22. The summed E-state index contributed by atoms with van der Waals surface area (Å²) >= 11 is 6.49. The van der Waals surface area contributed by atoms with Crippen molar-refractivity contribution in [1.82, 2.24) is 9.97 Å². The van der Waals surface area contributed by atoms with E-state index in [-0.39, 0.29) is 0 Å². The van der Waals surface area contributed by atoms with E-state index in [1.165, 1.54) is 6.20 Å². The Bertz CT molecular complexity index is 1380. The van der Waals surface area contributed by atoms with Gasteiger partial charge in [-0.15, -0.1) is 0 Å². The number of pyridine rings is 2. The molecule has 0 atom stereocenters. The van der Waals surface area contributed by atoms with E-state index in [9.17, 15) is 5.26 Å². The molecule has 7 nitrogen and oxygen atoms in total. The van der Waals surface area contributed by atoms with Gasteiger partial charge in [0.05, 0.1) is 39.8 Å². The molecule has 0 bridgehead atoms. The number of nitrogen functional groups attached to an aromatic ring is 1. The average molecular weight is 474 g/mol. The average Bonchev–Trinajstić information content (AvgIpc) is 2.85. The molecule has 2 heterocycles. The van der Waals surface area contributed by atoms with E-state index in [1.54, 1.807) is 24.3 Å². The molecule has 0 saturated heterocycles. The molecule has 34 heavy (non-hydrogen) atoms. The number of nitrogens with two attached hydrogens (primary N) is 1. The molecule has 0 aliphatic carbocycles. The number of ether oxygens (including phenoxy) is 2. The second kappa shape index (κ2) is 10.3. The highest BCUT2D eigenvalue weighted by Crippen LogP contribution is 2.36. The lowest BCUT2D eigenvalue weighted by Gasteiger charge is -2.15. The van der Waals surface area contributed by atoms with Crippen molar-refractivity contribution in [3.63, 3.8) is 0 Å². The molecule has 2 aromatic heterocycles. The molecule has 4 aromatic rings. The summed E-state index contributed by atoms with van der Waals surface area (Å²) in [5.74, 6) is 1.10. The summed E-state index contributed by atoms with van der Waals surface area (Å²) < 4.78 is 11.4.